The van der Waals surface area contributed by atoms with Gasteiger partial charge in [0.2, 0.25) is 5.91 Å². The molecule has 0 aromatic heterocycles. The van der Waals surface area contributed by atoms with Crippen molar-refractivity contribution < 1.29 is 28.2 Å². The minimum Gasteiger partial charge on any atom is -0.481 e. The number of alkyl halides is 2. The normalized spacial score (nSPS) is 20.7. The zero-order valence-electron chi connectivity index (χ0n) is 13.4. The van der Waals surface area contributed by atoms with Crippen molar-refractivity contribution in [3.63, 3.8) is 0 Å². The number of aryl methyl sites for hydroxylation is 1. The number of amides is 1. The largest absolute Gasteiger partial charge is 0.481 e. The molecule has 1 aromatic carbocycles. The summed E-state index contributed by atoms with van der Waals surface area (Å²) in [5.74, 6) is -1.56. The Balaban J connectivity index is 1.92. The second kappa shape index (κ2) is 8.08. The average Bonchev–Trinajstić information content (AvgIpc) is 2.54. The van der Waals surface area contributed by atoms with E-state index in [2.05, 4.69) is 10.1 Å². The first-order valence-electron chi connectivity index (χ1n) is 7.91. The van der Waals surface area contributed by atoms with Crippen molar-refractivity contribution in [1.82, 2.24) is 5.32 Å². The lowest BCUT2D eigenvalue weighted by Crippen LogP contribution is -2.34. The number of hydrogen-bond donors (Lipinski definition) is 2. The van der Waals surface area contributed by atoms with Crippen LogP contribution in [0.3, 0.4) is 0 Å². The molecule has 7 heteroatoms. The molecule has 1 aliphatic carbocycles. The summed E-state index contributed by atoms with van der Waals surface area (Å²) in [7, 11) is 0. The Kier molecular flexibility index (Phi) is 6.11. The highest BCUT2D eigenvalue weighted by Gasteiger charge is 2.29. The van der Waals surface area contributed by atoms with Gasteiger partial charge < -0.3 is 15.2 Å². The monoisotopic (exact) mass is 341 g/mol. The molecule has 1 amide bonds. The van der Waals surface area contributed by atoms with E-state index in [4.69, 9.17) is 5.11 Å². The molecule has 1 saturated carbocycles. The highest BCUT2D eigenvalue weighted by molar-refractivity contribution is 5.79. The number of halogens is 2. The van der Waals surface area contributed by atoms with Crippen LogP contribution in [0, 0.1) is 18.8 Å². The van der Waals surface area contributed by atoms with Crippen LogP contribution in [0.15, 0.2) is 18.2 Å². The third-order valence-corrected chi connectivity index (χ3v) is 4.33. The third-order valence-electron chi connectivity index (χ3n) is 4.33. The summed E-state index contributed by atoms with van der Waals surface area (Å²) in [5, 5.41) is 11.7. The number of carboxylic acid groups (broad SMARTS) is 1. The molecule has 132 valence electrons. The number of carbonyl (C=O) groups excluding carboxylic acids is 1. The topological polar surface area (TPSA) is 75.6 Å². The highest BCUT2D eigenvalue weighted by Crippen LogP contribution is 2.29. The van der Waals surface area contributed by atoms with Gasteiger partial charge in [0.1, 0.15) is 5.75 Å². The van der Waals surface area contributed by atoms with Crippen molar-refractivity contribution in [1.29, 1.82) is 0 Å². The van der Waals surface area contributed by atoms with Crippen LogP contribution in [0.25, 0.3) is 0 Å². The zero-order valence-corrected chi connectivity index (χ0v) is 13.4. The first-order chi connectivity index (χ1) is 11.4. The Morgan fingerprint density at radius 1 is 1.25 bits per heavy atom. The van der Waals surface area contributed by atoms with Gasteiger partial charge in [-0.25, -0.2) is 0 Å². The van der Waals surface area contributed by atoms with Crippen LogP contribution in [0.2, 0.25) is 0 Å². The predicted molar refractivity (Wildman–Crippen MR) is 82.7 cm³/mol. The molecule has 1 aliphatic rings. The van der Waals surface area contributed by atoms with Gasteiger partial charge in [0, 0.05) is 18.0 Å². The van der Waals surface area contributed by atoms with E-state index >= 15 is 0 Å². The Morgan fingerprint density at radius 2 is 1.88 bits per heavy atom. The van der Waals surface area contributed by atoms with Gasteiger partial charge in [-0.2, -0.15) is 8.78 Å². The van der Waals surface area contributed by atoms with Crippen LogP contribution in [0.1, 0.15) is 36.8 Å². The van der Waals surface area contributed by atoms with Crippen molar-refractivity contribution >= 4 is 11.9 Å². The number of aliphatic carboxylic acids is 1. The van der Waals surface area contributed by atoms with Gasteiger partial charge in [-0.05, 0) is 38.7 Å². The standard InChI is InChI=1S/C17H21F2NO4/c1-10-2-7-14(24-17(18)19)13(8-10)9-20-15(21)11-3-5-12(6-4-11)16(22)23/h2,7-8,11-12,17H,3-6,9H2,1H3,(H,20,21)(H,22,23). The average molecular weight is 341 g/mol. The molecule has 0 atom stereocenters. The SMILES string of the molecule is Cc1ccc(OC(F)F)c(CNC(=O)C2CCC(C(=O)O)CC2)c1. The number of carboxylic acids is 1. The molecule has 0 radical (unpaired) electrons. The molecule has 0 spiro atoms. The molecule has 5 nitrogen and oxygen atoms in total. The lowest BCUT2D eigenvalue weighted by atomic mass is 9.81. The number of hydrogen-bond acceptors (Lipinski definition) is 3. The third kappa shape index (κ3) is 4.91. The summed E-state index contributed by atoms with van der Waals surface area (Å²) in [4.78, 5) is 23.1. The van der Waals surface area contributed by atoms with Crippen LogP contribution >= 0.6 is 0 Å². The van der Waals surface area contributed by atoms with Gasteiger partial charge in [-0.3, -0.25) is 9.59 Å². The maximum absolute atomic E-state index is 12.4. The molecule has 2 N–H and O–H groups in total. The van der Waals surface area contributed by atoms with E-state index in [1.165, 1.54) is 6.07 Å². The van der Waals surface area contributed by atoms with Gasteiger partial charge in [0.25, 0.3) is 0 Å². The second-order valence-corrected chi connectivity index (χ2v) is 6.09. The lowest BCUT2D eigenvalue weighted by molar-refractivity contribution is -0.144. The number of nitrogens with one attached hydrogen (secondary N) is 1. The van der Waals surface area contributed by atoms with Crippen molar-refractivity contribution in [3.05, 3.63) is 29.3 Å². The molecule has 0 aliphatic heterocycles. The maximum atomic E-state index is 12.4. The van der Waals surface area contributed by atoms with E-state index in [1.807, 2.05) is 6.92 Å². The van der Waals surface area contributed by atoms with E-state index in [9.17, 15) is 18.4 Å². The molecule has 24 heavy (non-hydrogen) atoms. The van der Waals surface area contributed by atoms with Gasteiger partial charge in [0.05, 0.1) is 5.92 Å². The van der Waals surface area contributed by atoms with Crippen LogP contribution in [-0.2, 0) is 16.1 Å². The quantitative estimate of drug-likeness (QED) is 0.834. The van der Waals surface area contributed by atoms with Gasteiger partial charge >= 0.3 is 12.6 Å². The highest BCUT2D eigenvalue weighted by atomic mass is 19.3. The number of ether oxygens (including phenoxy) is 1. The number of rotatable bonds is 6. The second-order valence-electron chi connectivity index (χ2n) is 6.09. The first-order valence-corrected chi connectivity index (χ1v) is 7.91. The van der Waals surface area contributed by atoms with E-state index in [0.717, 1.165) is 5.56 Å². The van der Waals surface area contributed by atoms with E-state index in [0.29, 0.717) is 31.2 Å². The Bertz CT molecular complexity index is 598. The summed E-state index contributed by atoms with van der Waals surface area (Å²) in [6.07, 6.45) is 2.02. The van der Waals surface area contributed by atoms with E-state index < -0.39 is 12.6 Å². The Labute approximate surface area is 139 Å². The molecule has 1 aromatic rings. The minimum atomic E-state index is -2.92. The minimum absolute atomic E-state index is 0.0467. The van der Waals surface area contributed by atoms with Crippen LogP contribution in [0.4, 0.5) is 8.78 Å². The smallest absolute Gasteiger partial charge is 0.387 e. The van der Waals surface area contributed by atoms with Crippen molar-refractivity contribution in [2.75, 3.05) is 0 Å². The lowest BCUT2D eigenvalue weighted by Gasteiger charge is -2.25. The summed E-state index contributed by atoms with van der Waals surface area (Å²) in [6.45, 7) is -1.00. The molecular weight excluding hydrogens is 320 g/mol. The van der Waals surface area contributed by atoms with Crippen molar-refractivity contribution in [2.24, 2.45) is 11.8 Å². The van der Waals surface area contributed by atoms with Gasteiger partial charge in [0.15, 0.2) is 0 Å². The fraction of sp³-hybridized carbons (Fsp3) is 0.529. The van der Waals surface area contributed by atoms with E-state index in [-0.39, 0.29) is 30.0 Å². The molecule has 0 bridgehead atoms. The van der Waals surface area contributed by atoms with Crippen molar-refractivity contribution in [3.8, 4) is 5.75 Å². The Morgan fingerprint density at radius 3 is 2.46 bits per heavy atom. The van der Waals surface area contributed by atoms with Crippen molar-refractivity contribution in [2.45, 2.75) is 45.8 Å². The molecule has 2 rings (SSSR count). The van der Waals surface area contributed by atoms with Gasteiger partial charge in [-0.15, -0.1) is 0 Å². The maximum Gasteiger partial charge on any atom is 0.387 e. The molecule has 0 saturated heterocycles. The van der Waals surface area contributed by atoms with Crippen LogP contribution < -0.4 is 10.1 Å². The molecule has 1 fully saturated rings. The van der Waals surface area contributed by atoms with Crippen LogP contribution in [-0.4, -0.2) is 23.6 Å². The summed E-state index contributed by atoms with van der Waals surface area (Å²) < 4.78 is 29.3. The fourth-order valence-corrected chi connectivity index (χ4v) is 2.99. The van der Waals surface area contributed by atoms with Crippen LogP contribution in [0.5, 0.6) is 5.75 Å². The molecule has 0 heterocycles. The summed E-state index contributed by atoms with van der Waals surface area (Å²) in [6, 6.07) is 4.82. The summed E-state index contributed by atoms with van der Waals surface area (Å²) >= 11 is 0. The summed E-state index contributed by atoms with van der Waals surface area (Å²) in [5.41, 5.74) is 1.37. The number of benzene rings is 1. The first kappa shape index (κ1) is 18.2. The zero-order chi connectivity index (χ0) is 17.7. The predicted octanol–water partition coefficient (Wildman–Crippen LogP) is 3.10. The van der Waals surface area contributed by atoms with E-state index in [1.54, 1.807) is 12.1 Å². The molecular formula is C17H21F2NO4. The number of carbonyl (C=O) groups is 2. The molecule has 0 unspecified atom stereocenters. The fourth-order valence-electron chi connectivity index (χ4n) is 2.99. The Hall–Kier alpha value is -2.18. The van der Waals surface area contributed by atoms with Gasteiger partial charge in [-0.1, -0.05) is 17.7 Å².